The second-order valence-corrected chi connectivity index (χ2v) is 7.50. The predicted octanol–water partition coefficient (Wildman–Crippen LogP) is 4.19. The number of methoxy groups -OCH3 is 2. The summed E-state index contributed by atoms with van der Waals surface area (Å²) >= 11 is 1.20. The molecule has 3 N–H and O–H groups in total. The van der Waals surface area contributed by atoms with Gasteiger partial charge in [-0.15, -0.1) is 11.3 Å². The average molecular weight is 455 g/mol. The number of carbonyl (C=O) groups excluding carboxylic acids is 3. The zero-order valence-corrected chi connectivity index (χ0v) is 18.5. The van der Waals surface area contributed by atoms with Crippen molar-refractivity contribution in [3.8, 4) is 5.75 Å². The van der Waals surface area contributed by atoms with E-state index in [2.05, 4.69) is 25.7 Å². The number of alkyl carbamates (subject to hydrolysis) is 1. The van der Waals surface area contributed by atoms with Gasteiger partial charge in [0.15, 0.2) is 10.9 Å². The lowest BCUT2D eigenvalue weighted by Gasteiger charge is -2.13. The van der Waals surface area contributed by atoms with E-state index in [4.69, 9.17) is 4.74 Å². The van der Waals surface area contributed by atoms with Crippen molar-refractivity contribution < 1.29 is 23.9 Å². The van der Waals surface area contributed by atoms with Crippen LogP contribution in [0.25, 0.3) is 0 Å². The van der Waals surface area contributed by atoms with Crippen molar-refractivity contribution in [1.82, 2.24) is 10.3 Å². The lowest BCUT2D eigenvalue weighted by molar-refractivity contribution is 0.103. The first-order valence-corrected chi connectivity index (χ1v) is 10.4. The fraction of sp³-hybridized carbons (Fsp3) is 0.182. The first-order chi connectivity index (χ1) is 15.4. The van der Waals surface area contributed by atoms with Crippen molar-refractivity contribution in [3.63, 3.8) is 0 Å². The van der Waals surface area contributed by atoms with Crippen LogP contribution in [0.1, 0.15) is 27.2 Å². The van der Waals surface area contributed by atoms with Gasteiger partial charge in [0.1, 0.15) is 5.75 Å². The number of amides is 3. The summed E-state index contributed by atoms with van der Waals surface area (Å²) in [6.45, 7) is 2.03. The molecule has 0 aliphatic rings. The Morgan fingerprint density at radius 2 is 1.81 bits per heavy atom. The van der Waals surface area contributed by atoms with Crippen molar-refractivity contribution in [1.29, 1.82) is 0 Å². The van der Waals surface area contributed by atoms with Crippen LogP contribution in [0.15, 0.2) is 47.8 Å². The first-order valence-electron chi connectivity index (χ1n) is 9.54. The normalized spacial score (nSPS) is 10.2. The van der Waals surface area contributed by atoms with E-state index >= 15 is 0 Å². The summed E-state index contributed by atoms with van der Waals surface area (Å²) in [4.78, 5) is 41.1. The molecule has 32 heavy (non-hydrogen) atoms. The summed E-state index contributed by atoms with van der Waals surface area (Å²) in [5, 5.41) is 9.90. The molecule has 3 rings (SSSR count). The minimum Gasteiger partial charge on any atom is -0.496 e. The molecular weight excluding hydrogens is 432 g/mol. The molecule has 1 heterocycles. The van der Waals surface area contributed by atoms with Crippen LogP contribution in [-0.2, 0) is 11.3 Å². The maximum atomic E-state index is 13.2. The molecule has 1 aromatic heterocycles. The molecule has 166 valence electrons. The lowest BCUT2D eigenvalue weighted by Crippen LogP contribution is -2.23. The van der Waals surface area contributed by atoms with E-state index in [9.17, 15) is 14.4 Å². The van der Waals surface area contributed by atoms with Gasteiger partial charge in [0, 0.05) is 10.9 Å². The number of hydrogen-bond acceptors (Lipinski definition) is 7. The number of nitrogens with zero attached hydrogens (tertiary/aromatic N) is 1. The van der Waals surface area contributed by atoms with E-state index in [1.807, 2.05) is 6.92 Å². The standard InChI is InChI=1S/C22H22N4O5S/c1-13-8-9-17(16(10-13)19(27)15-6-4-5-7-18(15)30-2)25-20(28)26-21-24-14(12-32-21)11-23-22(29)31-3/h4-10,12H,11H2,1-3H3,(H,23,29)(H2,24,25,26,28). The third-order valence-corrected chi connectivity index (χ3v) is 5.20. The SMILES string of the molecule is COC(=O)NCc1csc(NC(=O)Nc2ccc(C)cc2C(=O)c2ccccc2OC)n1. The van der Waals surface area contributed by atoms with Crippen LogP contribution in [0.3, 0.4) is 0 Å². The number of carbonyl (C=O) groups is 3. The van der Waals surface area contributed by atoms with Crippen LogP contribution >= 0.6 is 11.3 Å². The predicted molar refractivity (Wildman–Crippen MR) is 122 cm³/mol. The lowest BCUT2D eigenvalue weighted by atomic mass is 9.99. The zero-order chi connectivity index (χ0) is 23.1. The Hall–Kier alpha value is -3.92. The van der Waals surface area contributed by atoms with Gasteiger partial charge in [0.25, 0.3) is 0 Å². The van der Waals surface area contributed by atoms with Gasteiger partial charge >= 0.3 is 12.1 Å². The molecule has 3 aromatic rings. The zero-order valence-electron chi connectivity index (χ0n) is 17.7. The van der Waals surface area contributed by atoms with Gasteiger partial charge in [-0.2, -0.15) is 0 Å². The third-order valence-electron chi connectivity index (χ3n) is 4.39. The molecule has 0 radical (unpaired) electrons. The topological polar surface area (TPSA) is 119 Å². The smallest absolute Gasteiger partial charge is 0.407 e. The first kappa shape index (κ1) is 22.8. The molecule has 0 atom stereocenters. The monoisotopic (exact) mass is 454 g/mol. The van der Waals surface area contributed by atoms with Crippen LogP contribution < -0.4 is 20.7 Å². The summed E-state index contributed by atoms with van der Waals surface area (Å²) in [7, 11) is 2.77. The quantitative estimate of drug-likeness (QED) is 0.461. The molecule has 0 unspecified atom stereocenters. The van der Waals surface area contributed by atoms with E-state index in [0.29, 0.717) is 33.4 Å². The van der Waals surface area contributed by atoms with Gasteiger partial charge in [0.05, 0.1) is 37.7 Å². The van der Waals surface area contributed by atoms with Crippen LogP contribution in [0.2, 0.25) is 0 Å². The maximum absolute atomic E-state index is 13.2. The number of hydrogen-bond donors (Lipinski definition) is 3. The number of aromatic nitrogens is 1. The number of thiazole rings is 1. The van der Waals surface area contributed by atoms with Crippen LogP contribution in [0.4, 0.5) is 20.4 Å². The molecule has 3 amide bonds. The molecule has 0 fully saturated rings. The third kappa shape index (κ3) is 5.61. The number of aryl methyl sites for hydroxylation is 1. The second kappa shape index (κ2) is 10.4. The summed E-state index contributed by atoms with van der Waals surface area (Å²) in [6, 6.07) is 11.5. The van der Waals surface area contributed by atoms with Crippen LogP contribution in [0, 0.1) is 6.92 Å². The Morgan fingerprint density at radius 3 is 2.56 bits per heavy atom. The maximum Gasteiger partial charge on any atom is 0.407 e. The summed E-state index contributed by atoms with van der Waals surface area (Å²) in [5.74, 6) is 0.178. The van der Waals surface area contributed by atoms with Crippen molar-refractivity contribution in [2.75, 3.05) is 24.9 Å². The summed E-state index contributed by atoms with van der Waals surface area (Å²) in [6.07, 6.45) is -0.572. The van der Waals surface area contributed by atoms with Gasteiger partial charge in [-0.05, 0) is 31.2 Å². The molecule has 10 heteroatoms. The summed E-state index contributed by atoms with van der Waals surface area (Å²) in [5.41, 5.74) is 2.53. The molecular formula is C22H22N4O5S. The van der Waals surface area contributed by atoms with Crippen molar-refractivity contribution >= 4 is 40.1 Å². The fourth-order valence-corrected chi connectivity index (χ4v) is 3.57. The van der Waals surface area contributed by atoms with E-state index in [0.717, 1.165) is 5.56 Å². The number of para-hydroxylation sites is 1. The second-order valence-electron chi connectivity index (χ2n) is 6.65. The molecule has 0 saturated heterocycles. The minimum atomic E-state index is -0.572. The van der Waals surface area contributed by atoms with Gasteiger partial charge in [0.2, 0.25) is 0 Å². The molecule has 0 aliphatic heterocycles. The highest BCUT2D eigenvalue weighted by atomic mass is 32.1. The summed E-state index contributed by atoms with van der Waals surface area (Å²) < 4.78 is 9.81. The Labute approximate surface area is 188 Å². The highest BCUT2D eigenvalue weighted by molar-refractivity contribution is 7.13. The molecule has 2 aromatic carbocycles. The van der Waals surface area contributed by atoms with E-state index in [1.165, 1.54) is 25.6 Å². The van der Waals surface area contributed by atoms with E-state index in [-0.39, 0.29) is 12.3 Å². The Bertz CT molecular complexity index is 1140. The van der Waals surface area contributed by atoms with Crippen molar-refractivity contribution in [3.05, 3.63) is 70.2 Å². The molecule has 0 aliphatic carbocycles. The fourth-order valence-electron chi connectivity index (χ4n) is 2.86. The van der Waals surface area contributed by atoms with Gasteiger partial charge < -0.3 is 20.1 Å². The van der Waals surface area contributed by atoms with Crippen molar-refractivity contribution in [2.24, 2.45) is 0 Å². The van der Waals surface area contributed by atoms with Gasteiger partial charge in [-0.1, -0.05) is 23.8 Å². The number of nitrogens with one attached hydrogen (secondary N) is 3. The minimum absolute atomic E-state index is 0.169. The Kier molecular flexibility index (Phi) is 7.40. The van der Waals surface area contributed by atoms with E-state index in [1.54, 1.807) is 47.8 Å². The molecule has 0 bridgehead atoms. The number of urea groups is 1. The van der Waals surface area contributed by atoms with Gasteiger partial charge in [-0.25, -0.2) is 14.6 Å². The molecule has 0 spiro atoms. The Balaban J connectivity index is 1.74. The highest BCUT2D eigenvalue weighted by Crippen LogP contribution is 2.26. The number of ether oxygens (including phenoxy) is 2. The van der Waals surface area contributed by atoms with Gasteiger partial charge in [-0.3, -0.25) is 10.1 Å². The number of benzene rings is 2. The average Bonchev–Trinajstić information content (AvgIpc) is 3.25. The molecule has 0 saturated carbocycles. The highest BCUT2D eigenvalue weighted by Gasteiger charge is 2.19. The number of rotatable bonds is 7. The molecule has 9 nitrogen and oxygen atoms in total. The number of anilines is 2. The Morgan fingerprint density at radius 1 is 1.03 bits per heavy atom. The van der Waals surface area contributed by atoms with Crippen LogP contribution in [-0.4, -0.2) is 37.1 Å². The largest absolute Gasteiger partial charge is 0.496 e. The van der Waals surface area contributed by atoms with Crippen LogP contribution in [0.5, 0.6) is 5.75 Å². The number of ketones is 1. The van der Waals surface area contributed by atoms with E-state index < -0.39 is 12.1 Å². The van der Waals surface area contributed by atoms with Crippen molar-refractivity contribution in [2.45, 2.75) is 13.5 Å².